The topological polar surface area (TPSA) is 84.9 Å². The molecule has 2 aromatic carbocycles. The lowest BCUT2D eigenvalue weighted by atomic mass is 10.0. The van der Waals surface area contributed by atoms with Gasteiger partial charge >= 0.3 is 0 Å². The number of benzene rings is 2. The number of sulfonamides is 1. The molecule has 8 heteroatoms. The second kappa shape index (κ2) is 10.4. The average Bonchev–Trinajstić information content (AvgIpc) is 2.73. The highest BCUT2D eigenvalue weighted by molar-refractivity contribution is 7.89. The van der Waals surface area contributed by atoms with E-state index >= 15 is 0 Å². The number of anilines is 1. The first kappa shape index (κ1) is 23.7. The average molecular weight is 435 g/mol. The first-order chi connectivity index (χ1) is 14.2. The Morgan fingerprint density at radius 1 is 1.07 bits per heavy atom. The fraction of sp³-hybridized carbons (Fsp3) is 0.409. The molecule has 164 valence electrons. The summed E-state index contributed by atoms with van der Waals surface area (Å²) in [6.07, 6.45) is 0. The zero-order valence-corrected chi connectivity index (χ0v) is 19.0. The SMILES string of the molecule is CCN(CC)S(=O)(=O)c1ccc(OC)c(NC(=O)COc2ccccc2C(C)C)c1. The van der Waals surface area contributed by atoms with Gasteiger partial charge in [0.1, 0.15) is 11.5 Å². The van der Waals surface area contributed by atoms with Crippen molar-refractivity contribution >= 4 is 21.6 Å². The van der Waals surface area contributed by atoms with E-state index < -0.39 is 15.9 Å². The van der Waals surface area contributed by atoms with Gasteiger partial charge in [-0.2, -0.15) is 4.31 Å². The highest BCUT2D eigenvalue weighted by atomic mass is 32.2. The molecule has 1 amide bonds. The zero-order valence-electron chi connectivity index (χ0n) is 18.1. The molecule has 0 saturated heterocycles. The lowest BCUT2D eigenvalue weighted by Gasteiger charge is -2.20. The van der Waals surface area contributed by atoms with Gasteiger partial charge in [0, 0.05) is 13.1 Å². The molecule has 2 aromatic rings. The standard InChI is InChI=1S/C22H30N2O5S/c1-6-24(7-2)30(26,27)17-12-13-21(28-5)19(14-17)23-22(25)15-29-20-11-9-8-10-18(20)16(3)4/h8-14,16H,6-7,15H2,1-5H3,(H,23,25). The number of carbonyl (C=O) groups excluding carboxylic acids is 1. The van der Waals surface area contributed by atoms with Crippen LogP contribution in [0.4, 0.5) is 5.69 Å². The molecule has 0 atom stereocenters. The molecule has 0 heterocycles. The Morgan fingerprint density at radius 2 is 1.73 bits per heavy atom. The number of hydrogen-bond acceptors (Lipinski definition) is 5. The Kier molecular flexibility index (Phi) is 8.25. The molecule has 0 aliphatic carbocycles. The van der Waals surface area contributed by atoms with Gasteiger partial charge in [-0.1, -0.05) is 45.9 Å². The lowest BCUT2D eigenvalue weighted by molar-refractivity contribution is -0.118. The van der Waals surface area contributed by atoms with Crippen LogP contribution in [0.5, 0.6) is 11.5 Å². The van der Waals surface area contributed by atoms with Crippen LogP contribution in [0.2, 0.25) is 0 Å². The van der Waals surface area contributed by atoms with Crippen LogP contribution in [0.25, 0.3) is 0 Å². The predicted octanol–water partition coefficient (Wildman–Crippen LogP) is 3.87. The van der Waals surface area contributed by atoms with Crippen molar-refractivity contribution in [3.8, 4) is 11.5 Å². The van der Waals surface area contributed by atoms with E-state index in [1.165, 1.54) is 29.6 Å². The van der Waals surface area contributed by atoms with Crippen LogP contribution in [0.3, 0.4) is 0 Å². The Morgan fingerprint density at radius 3 is 2.33 bits per heavy atom. The van der Waals surface area contributed by atoms with E-state index in [0.717, 1.165) is 5.56 Å². The van der Waals surface area contributed by atoms with Crippen LogP contribution in [0.15, 0.2) is 47.4 Å². The second-order valence-electron chi connectivity index (χ2n) is 6.98. The molecule has 0 fully saturated rings. The number of hydrogen-bond donors (Lipinski definition) is 1. The Hall–Kier alpha value is -2.58. The predicted molar refractivity (Wildman–Crippen MR) is 118 cm³/mol. The van der Waals surface area contributed by atoms with Crippen molar-refractivity contribution in [1.82, 2.24) is 4.31 Å². The number of nitrogens with zero attached hydrogens (tertiary/aromatic N) is 1. The molecule has 30 heavy (non-hydrogen) atoms. The van der Waals surface area contributed by atoms with Gasteiger partial charge in [0.05, 0.1) is 17.7 Å². The van der Waals surface area contributed by atoms with Crippen molar-refractivity contribution < 1.29 is 22.7 Å². The van der Waals surface area contributed by atoms with Gasteiger partial charge in [-0.05, 0) is 35.7 Å². The third-order valence-electron chi connectivity index (χ3n) is 4.69. The molecule has 0 unspecified atom stereocenters. The molecular weight excluding hydrogens is 404 g/mol. The maximum absolute atomic E-state index is 12.8. The van der Waals surface area contributed by atoms with Crippen molar-refractivity contribution in [2.24, 2.45) is 0 Å². The number of carbonyl (C=O) groups is 1. The van der Waals surface area contributed by atoms with Crippen molar-refractivity contribution in [3.63, 3.8) is 0 Å². The van der Waals surface area contributed by atoms with Gasteiger partial charge < -0.3 is 14.8 Å². The first-order valence-electron chi connectivity index (χ1n) is 9.94. The van der Waals surface area contributed by atoms with Crippen molar-refractivity contribution in [2.45, 2.75) is 38.5 Å². The van der Waals surface area contributed by atoms with E-state index in [2.05, 4.69) is 19.2 Å². The molecule has 0 spiro atoms. The summed E-state index contributed by atoms with van der Waals surface area (Å²) in [6.45, 7) is 8.16. The van der Waals surface area contributed by atoms with E-state index in [1.54, 1.807) is 13.8 Å². The summed E-state index contributed by atoms with van der Waals surface area (Å²) >= 11 is 0. The van der Waals surface area contributed by atoms with Crippen LogP contribution in [-0.4, -0.2) is 45.4 Å². The fourth-order valence-electron chi connectivity index (χ4n) is 3.08. The van der Waals surface area contributed by atoms with Crippen LogP contribution in [0, 0.1) is 0 Å². The molecule has 2 rings (SSSR count). The van der Waals surface area contributed by atoms with Crippen molar-refractivity contribution in [1.29, 1.82) is 0 Å². The first-order valence-corrected chi connectivity index (χ1v) is 11.4. The molecular formula is C22H30N2O5S. The number of rotatable bonds is 10. The summed E-state index contributed by atoms with van der Waals surface area (Å²) in [6, 6.07) is 12.0. The summed E-state index contributed by atoms with van der Waals surface area (Å²) in [5.41, 5.74) is 1.28. The summed E-state index contributed by atoms with van der Waals surface area (Å²) < 4.78 is 37.9. The number of nitrogens with one attached hydrogen (secondary N) is 1. The summed E-state index contributed by atoms with van der Waals surface area (Å²) in [5, 5.41) is 2.70. The van der Waals surface area contributed by atoms with Gasteiger partial charge in [-0.15, -0.1) is 0 Å². The van der Waals surface area contributed by atoms with Crippen LogP contribution in [0.1, 0.15) is 39.2 Å². The van der Waals surface area contributed by atoms with Crippen molar-refractivity contribution in [2.75, 3.05) is 32.1 Å². The molecule has 0 bridgehead atoms. The zero-order chi connectivity index (χ0) is 22.3. The van der Waals surface area contributed by atoms with Crippen LogP contribution >= 0.6 is 0 Å². The number of amides is 1. The minimum Gasteiger partial charge on any atom is -0.495 e. The smallest absolute Gasteiger partial charge is 0.262 e. The highest BCUT2D eigenvalue weighted by Crippen LogP contribution is 2.29. The van der Waals surface area contributed by atoms with Gasteiger partial charge in [0.15, 0.2) is 6.61 Å². The third kappa shape index (κ3) is 5.52. The van der Waals surface area contributed by atoms with Crippen molar-refractivity contribution in [3.05, 3.63) is 48.0 Å². The second-order valence-corrected chi connectivity index (χ2v) is 8.92. The number of methoxy groups -OCH3 is 1. The van der Waals surface area contributed by atoms with E-state index in [4.69, 9.17) is 9.47 Å². The molecule has 0 aliphatic rings. The Balaban J connectivity index is 2.20. The number of para-hydroxylation sites is 1. The maximum atomic E-state index is 12.8. The van der Waals surface area contributed by atoms with Gasteiger partial charge in [0.25, 0.3) is 5.91 Å². The van der Waals surface area contributed by atoms with Crippen LogP contribution in [-0.2, 0) is 14.8 Å². The summed E-state index contributed by atoms with van der Waals surface area (Å²) in [4.78, 5) is 12.6. The molecule has 0 aromatic heterocycles. The molecule has 7 nitrogen and oxygen atoms in total. The maximum Gasteiger partial charge on any atom is 0.262 e. The summed E-state index contributed by atoms with van der Waals surface area (Å²) in [5.74, 6) is 0.854. The molecule has 0 aliphatic heterocycles. The molecule has 1 N–H and O–H groups in total. The van der Waals surface area contributed by atoms with E-state index in [1.807, 2.05) is 24.3 Å². The normalized spacial score (nSPS) is 11.6. The Labute approximate surface area is 179 Å². The van der Waals surface area contributed by atoms with Crippen LogP contribution < -0.4 is 14.8 Å². The van der Waals surface area contributed by atoms with Gasteiger partial charge in [-0.3, -0.25) is 4.79 Å². The fourth-order valence-corrected chi connectivity index (χ4v) is 4.56. The Bertz CT molecular complexity index is 969. The largest absolute Gasteiger partial charge is 0.495 e. The van der Waals surface area contributed by atoms with E-state index in [-0.39, 0.29) is 23.1 Å². The van der Waals surface area contributed by atoms with E-state index in [0.29, 0.717) is 24.6 Å². The molecule has 0 saturated carbocycles. The van der Waals surface area contributed by atoms with E-state index in [9.17, 15) is 13.2 Å². The minimum absolute atomic E-state index is 0.0911. The third-order valence-corrected chi connectivity index (χ3v) is 6.73. The minimum atomic E-state index is -3.66. The number of ether oxygens (including phenoxy) is 2. The summed E-state index contributed by atoms with van der Waals surface area (Å²) in [7, 11) is -2.20. The molecule has 0 radical (unpaired) electrons. The monoisotopic (exact) mass is 434 g/mol. The highest BCUT2D eigenvalue weighted by Gasteiger charge is 2.23. The van der Waals surface area contributed by atoms with Gasteiger partial charge in [0.2, 0.25) is 10.0 Å². The lowest BCUT2D eigenvalue weighted by Crippen LogP contribution is -2.30. The quantitative estimate of drug-likeness (QED) is 0.614. The van der Waals surface area contributed by atoms with Gasteiger partial charge in [-0.25, -0.2) is 8.42 Å².